The number of rotatable bonds is 7. The van der Waals surface area contributed by atoms with Crippen LogP contribution in [0.25, 0.3) is 5.65 Å². The SMILES string of the molecule is CC(C)(C)CN(NC(=O)CN1CCCC2(CCN(Cc3ccncc3)C2=O)C1)c1nc(C#N)nc2ccnn12. The average molecular weight is 531 g/mol. The Bertz CT molecular complexity index is 1390. The lowest BCUT2D eigenvalue weighted by atomic mass is 9.78. The third-order valence-corrected chi connectivity index (χ3v) is 7.22. The highest BCUT2D eigenvalue weighted by Crippen LogP contribution is 2.40. The van der Waals surface area contributed by atoms with Crippen molar-refractivity contribution >= 4 is 23.4 Å². The van der Waals surface area contributed by atoms with Crippen LogP contribution < -0.4 is 10.4 Å². The highest BCUT2D eigenvalue weighted by atomic mass is 16.2. The smallest absolute Gasteiger partial charge is 0.252 e. The van der Waals surface area contributed by atoms with Crippen molar-refractivity contribution in [1.82, 2.24) is 39.8 Å². The first-order chi connectivity index (χ1) is 18.7. The van der Waals surface area contributed by atoms with Gasteiger partial charge in [0.1, 0.15) is 6.07 Å². The van der Waals surface area contributed by atoms with Gasteiger partial charge in [-0.3, -0.25) is 29.9 Å². The molecular formula is C27H34N10O2. The normalized spacial score (nSPS) is 19.9. The predicted molar refractivity (Wildman–Crippen MR) is 143 cm³/mol. The van der Waals surface area contributed by atoms with E-state index in [1.165, 1.54) is 4.52 Å². The standard InChI is InChI=1S/C27H34N10O2/c1-26(2,3)18-36(25-32-21(15-28)31-22-7-12-30-37(22)25)33-23(38)17-34-13-4-8-27(19-34)9-14-35(24(27)39)16-20-5-10-29-11-6-20/h5-7,10-12H,4,8-9,13-14,16-19H2,1-3H3,(H,33,38). The number of pyridine rings is 1. The lowest BCUT2D eigenvalue weighted by Gasteiger charge is -2.39. The molecule has 39 heavy (non-hydrogen) atoms. The predicted octanol–water partition coefficient (Wildman–Crippen LogP) is 1.79. The highest BCUT2D eigenvalue weighted by Gasteiger charge is 2.48. The maximum Gasteiger partial charge on any atom is 0.252 e. The van der Waals surface area contributed by atoms with Gasteiger partial charge in [0.25, 0.3) is 5.91 Å². The number of carbonyl (C=O) groups is 2. The molecule has 3 aromatic heterocycles. The van der Waals surface area contributed by atoms with Crippen molar-refractivity contribution in [3.8, 4) is 6.07 Å². The molecule has 2 aliphatic heterocycles. The minimum absolute atomic E-state index is 0.000182. The maximum absolute atomic E-state index is 13.5. The Labute approximate surface area is 227 Å². The molecule has 5 heterocycles. The molecule has 2 amide bonds. The molecule has 12 heteroatoms. The molecule has 204 valence electrons. The van der Waals surface area contributed by atoms with Crippen molar-refractivity contribution in [2.45, 2.75) is 46.6 Å². The summed E-state index contributed by atoms with van der Waals surface area (Å²) >= 11 is 0. The second-order valence-electron chi connectivity index (χ2n) is 11.7. The minimum Gasteiger partial charge on any atom is -0.338 e. The first kappa shape index (κ1) is 26.5. The molecule has 5 rings (SSSR count). The van der Waals surface area contributed by atoms with Crippen molar-refractivity contribution in [2.24, 2.45) is 10.8 Å². The Morgan fingerprint density at radius 3 is 2.69 bits per heavy atom. The number of likely N-dealkylation sites (tertiary alicyclic amines) is 2. The first-order valence-electron chi connectivity index (χ1n) is 13.3. The van der Waals surface area contributed by atoms with Gasteiger partial charge in [-0.05, 0) is 48.9 Å². The first-order valence-corrected chi connectivity index (χ1v) is 13.3. The molecule has 2 fully saturated rings. The Kier molecular flexibility index (Phi) is 7.18. The molecule has 0 bridgehead atoms. The Morgan fingerprint density at radius 2 is 1.95 bits per heavy atom. The van der Waals surface area contributed by atoms with Crippen LogP contribution in [-0.4, -0.2) is 78.9 Å². The Hall–Kier alpha value is -4.11. The van der Waals surface area contributed by atoms with Crippen LogP contribution in [-0.2, 0) is 16.1 Å². The van der Waals surface area contributed by atoms with Crippen molar-refractivity contribution in [2.75, 3.05) is 37.7 Å². The van der Waals surface area contributed by atoms with Crippen molar-refractivity contribution < 1.29 is 9.59 Å². The second-order valence-corrected chi connectivity index (χ2v) is 11.7. The Morgan fingerprint density at radius 1 is 1.15 bits per heavy atom. The molecule has 0 saturated carbocycles. The van der Waals surface area contributed by atoms with E-state index >= 15 is 0 Å². The zero-order valence-corrected chi connectivity index (χ0v) is 22.7. The highest BCUT2D eigenvalue weighted by molar-refractivity contribution is 5.85. The number of nitriles is 1. The van der Waals surface area contributed by atoms with Crippen LogP contribution in [0, 0.1) is 22.2 Å². The van der Waals surface area contributed by atoms with Gasteiger partial charge in [-0.25, -0.2) is 0 Å². The zero-order chi connectivity index (χ0) is 27.6. The molecule has 1 atom stereocenters. The topological polar surface area (TPSA) is 136 Å². The third-order valence-electron chi connectivity index (χ3n) is 7.22. The van der Waals surface area contributed by atoms with E-state index in [-0.39, 0.29) is 29.6 Å². The van der Waals surface area contributed by atoms with Gasteiger partial charge in [0.2, 0.25) is 17.7 Å². The number of nitrogens with zero attached hydrogens (tertiary/aromatic N) is 9. The molecule has 1 unspecified atom stereocenters. The van der Waals surface area contributed by atoms with E-state index in [4.69, 9.17) is 0 Å². The van der Waals surface area contributed by atoms with Crippen LogP contribution >= 0.6 is 0 Å². The number of hydrazine groups is 1. The van der Waals surface area contributed by atoms with E-state index in [2.05, 4.69) is 51.1 Å². The number of amides is 2. The molecular weight excluding hydrogens is 496 g/mol. The summed E-state index contributed by atoms with van der Waals surface area (Å²) in [6.07, 6.45) is 7.56. The van der Waals surface area contributed by atoms with E-state index < -0.39 is 5.41 Å². The average Bonchev–Trinajstić information content (AvgIpc) is 3.48. The van der Waals surface area contributed by atoms with Crippen LogP contribution in [0.4, 0.5) is 5.95 Å². The minimum atomic E-state index is -0.452. The van der Waals surface area contributed by atoms with Gasteiger partial charge in [0, 0.05) is 44.6 Å². The molecule has 1 N–H and O–H groups in total. The summed E-state index contributed by atoms with van der Waals surface area (Å²) < 4.78 is 1.51. The zero-order valence-electron chi connectivity index (χ0n) is 22.7. The number of fused-ring (bicyclic) bond motifs is 1. The van der Waals surface area contributed by atoms with Crippen LogP contribution in [0.3, 0.4) is 0 Å². The summed E-state index contributed by atoms with van der Waals surface area (Å²) in [6.45, 7) is 9.35. The van der Waals surface area contributed by atoms with Crippen molar-refractivity contribution in [3.63, 3.8) is 0 Å². The van der Waals surface area contributed by atoms with Crippen LogP contribution in [0.15, 0.2) is 36.8 Å². The van der Waals surface area contributed by atoms with Crippen LogP contribution in [0.5, 0.6) is 0 Å². The van der Waals surface area contributed by atoms with Crippen LogP contribution in [0.2, 0.25) is 0 Å². The number of piperidine rings is 1. The number of hydrogen-bond donors (Lipinski definition) is 1. The van der Waals surface area contributed by atoms with Gasteiger partial charge < -0.3 is 4.90 Å². The van der Waals surface area contributed by atoms with E-state index in [0.717, 1.165) is 37.9 Å². The molecule has 0 aromatic carbocycles. The van der Waals surface area contributed by atoms with Gasteiger partial charge in [-0.1, -0.05) is 20.8 Å². The monoisotopic (exact) mass is 530 g/mol. The molecule has 0 radical (unpaired) electrons. The lowest BCUT2D eigenvalue weighted by Crippen LogP contribution is -2.54. The van der Waals surface area contributed by atoms with Crippen molar-refractivity contribution in [3.05, 3.63) is 48.2 Å². The van der Waals surface area contributed by atoms with Crippen LogP contribution in [0.1, 0.15) is 51.4 Å². The molecule has 12 nitrogen and oxygen atoms in total. The van der Waals surface area contributed by atoms with E-state index in [1.54, 1.807) is 29.7 Å². The molecule has 1 spiro atoms. The van der Waals surface area contributed by atoms with Gasteiger partial charge in [-0.2, -0.15) is 24.8 Å². The summed E-state index contributed by atoms with van der Waals surface area (Å²) in [6, 6.07) is 7.55. The molecule has 2 saturated heterocycles. The second kappa shape index (κ2) is 10.6. The van der Waals surface area contributed by atoms with Gasteiger partial charge >= 0.3 is 0 Å². The maximum atomic E-state index is 13.5. The van der Waals surface area contributed by atoms with E-state index in [0.29, 0.717) is 31.2 Å². The van der Waals surface area contributed by atoms with Gasteiger partial charge in [-0.15, -0.1) is 0 Å². The largest absolute Gasteiger partial charge is 0.338 e. The fourth-order valence-electron chi connectivity index (χ4n) is 5.55. The van der Waals surface area contributed by atoms with Crippen molar-refractivity contribution in [1.29, 1.82) is 5.26 Å². The fraction of sp³-hybridized carbons (Fsp3) is 0.519. The summed E-state index contributed by atoms with van der Waals surface area (Å²) in [5.41, 5.74) is 3.88. The summed E-state index contributed by atoms with van der Waals surface area (Å²) in [7, 11) is 0. The summed E-state index contributed by atoms with van der Waals surface area (Å²) in [5.74, 6) is 0.274. The quantitative estimate of drug-likeness (QED) is 0.454. The number of hydrogen-bond acceptors (Lipinski definition) is 9. The Balaban J connectivity index is 1.28. The van der Waals surface area contributed by atoms with E-state index in [1.807, 2.05) is 23.1 Å². The molecule has 0 aliphatic carbocycles. The van der Waals surface area contributed by atoms with Gasteiger partial charge in [0.15, 0.2) is 5.65 Å². The summed E-state index contributed by atoms with van der Waals surface area (Å²) in [4.78, 5) is 43.5. The lowest BCUT2D eigenvalue weighted by molar-refractivity contribution is -0.140. The molecule has 3 aromatic rings. The molecule has 2 aliphatic rings. The number of carbonyl (C=O) groups excluding carboxylic acids is 2. The number of anilines is 1. The fourth-order valence-corrected chi connectivity index (χ4v) is 5.55. The third kappa shape index (κ3) is 5.83. The number of aromatic nitrogens is 5. The van der Waals surface area contributed by atoms with E-state index in [9.17, 15) is 14.9 Å². The van der Waals surface area contributed by atoms with Gasteiger partial charge in [0.05, 0.1) is 18.2 Å². The number of nitrogens with one attached hydrogen (secondary N) is 1. The summed E-state index contributed by atoms with van der Waals surface area (Å²) in [5, 5.41) is 15.4.